The number of carbonyl (C=O) groups is 1. The van der Waals surface area contributed by atoms with Gasteiger partial charge in [-0.3, -0.25) is 4.79 Å². The van der Waals surface area contributed by atoms with E-state index in [0.717, 1.165) is 0 Å². The number of aliphatic carboxylic acids is 1. The summed E-state index contributed by atoms with van der Waals surface area (Å²) in [6.45, 7) is 3.50. The first-order chi connectivity index (χ1) is 9.80. The molecule has 1 unspecified atom stereocenters. The minimum atomic E-state index is -3.71. The van der Waals surface area contributed by atoms with Crippen molar-refractivity contribution in [2.24, 2.45) is 5.92 Å². The molecule has 2 N–H and O–H groups in total. The maximum absolute atomic E-state index is 12.2. The predicted molar refractivity (Wildman–Crippen MR) is 77.1 cm³/mol. The minimum absolute atomic E-state index is 0.0740. The van der Waals surface area contributed by atoms with E-state index >= 15 is 0 Å². The molecule has 0 aliphatic carbocycles. The average Bonchev–Trinajstić information content (AvgIpc) is 2.42. The van der Waals surface area contributed by atoms with E-state index in [-0.39, 0.29) is 23.8 Å². The van der Waals surface area contributed by atoms with Crippen LogP contribution in [0.15, 0.2) is 23.1 Å². The Hall–Kier alpha value is -1.91. The van der Waals surface area contributed by atoms with Crippen molar-refractivity contribution in [1.29, 1.82) is 5.26 Å². The molecule has 1 atom stereocenters. The van der Waals surface area contributed by atoms with Gasteiger partial charge in [0.25, 0.3) is 0 Å². The van der Waals surface area contributed by atoms with E-state index in [9.17, 15) is 13.2 Å². The molecule has 21 heavy (non-hydrogen) atoms. The van der Waals surface area contributed by atoms with Crippen LogP contribution < -0.4 is 4.72 Å². The van der Waals surface area contributed by atoms with Gasteiger partial charge < -0.3 is 5.11 Å². The number of nitrogens with one attached hydrogen (secondary N) is 1. The highest BCUT2D eigenvalue weighted by Crippen LogP contribution is 2.17. The summed E-state index contributed by atoms with van der Waals surface area (Å²) >= 11 is 0. The predicted octanol–water partition coefficient (Wildman–Crippen LogP) is 1.65. The van der Waals surface area contributed by atoms with E-state index in [2.05, 4.69) is 4.72 Å². The fraction of sp³-hybridized carbons (Fsp3) is 0.429. The number of carboxylic acid groups (broad SMARTS) is 1. The van der Waals surface area contributed by atoms with E-state index in [1.807, 2.05) is 13.0 Å². The summed E-state index contributed by atoms with van der Waals surface area (Å²) in [7, 11) is -3.71. The molecular formula is C14H18N2O4S. The summed E-state index contributed by atoms with van der Waals surface area (Å²) in [6.07, 6.45) is 0.493. The number of aryl methyl sites for hydroxylation is 1. The Morgan fingerprint density at radius 3 is 2.62 bits per heavy atom. The van der Waals surface area contributed by atoms with Crippen LogP contribution in [0.1, 0.15) is 30.9 Å². The van der Waals surface area contributed by atoms with Gasteiger partial charge in [0.2, 0.25) is 10.0 Å². The number of benzene rings is 1. The third-order valence-electron chi connectivity index (χ3n) is 3.20. The van der Waals surface area contributed by atoms with Crippen molar-refractivity contribution < 1.29 is 18.3 Å². The van der Waals surface area contributed by atoms with Crippen LogP contribution in [0.3, 0.4) is 0 Å². The molecule has 1 aromatic carbocycles. The summed E-state index contributed by atoms with van der Waals surface area (Å²) in [5.74, 6) is -1.20. The lowest BCUT2D eigenvalue weighted by Gasteiger charge is -2.14. The van der Waals surface area contributed by atoms with Crippen LogP contribution in [0.5, 0.6) is 0 Å². The Balaban J connectivity index is 2.87. The monoisotopic (exact) mass is 310 g/mol. The second kappa shape index (κ2) is 7.20. The molecule has 0 saturated heterocycles. The fourth-order valence-corrected chi connectivity index (χ4v) is 3.27. The van der Waals surface area contributed by atoms with Gasteiger partial charge in [0.05, 0.1) is 16.5 Å². The first-order valence-electron chi connectivity index (χ1n) is 6.52. The number of sulfonamides is 1. The van der Waals surface area contributed by atoms with Crippen LogP contribution in [0.4, 0.5) is 0 Å². The number of nitrogens with zero attached hydrogens (tertiary/aromatic N) is 1. The molecule has 0 heterocycles. The normalized spacial score (nSPS) is 12.6. The summed E-state index contributed by atoms with van der Waals surface area (Å²) in [5.41, 5.74) is 0.872. The largest absolute Gasteiger partial charge is 0.481 e. The van der Waals surface area contributed by atoms with Gasteiger partial charge in [-0.15, -0.1) is 0 Å². The Kier molecular flexibility index (Phi) is 5.88. The fourth-order valence-electron chi connectivity index (χ4n) is 1.93. The van der Waals surface area contributed by atoms with E-state index in [1.54, 1.807) is 6.92 Å². The third kappa shape index (κ3) is 4.85. The van der Waals surface area contributed by atoms with E-state index in [4.69, 9.17) is 10.4 Å². The van der Waals surface area contributed by atoms with Gasteiger partial charge in [0.1, 0.15) is 0 Å². The molecule has 1 aromatic rings. The Labute approximate surface area is 124 Å². The quantitative estimate of drug-likeness (QED) is 0.796. The van der Waals surface area contributed by atoms with Crippen molar-refractivity contribution >= 4 is 16.0 Å². The molecule has 0 fully saturated rings. The molecule has 0 aromatic heterocycles. The lowest BCUT2D eigenvalue weighted by atomic mass is 10.0. The van der Waals surface area contributed by atoms with Crippen LogP contribution in [0, 0.1) is 24.2 Å². The first-order valence-corrected chi connectivity index (χ1v) is 8.00. The molecule has 0 amide bonds. The van der Waals surface area contributed by atoms with Crippen molar-refractivity contribution in [2.45, 2.75) is 31.6 Å². The molecular weight excluding hydrogens is 292 g/mol. The molecule has 0 spiro atoms. The molecule has 6 nitrogen and oxygen atoms in total. The van der Waals surface area contributed by atoms with Crippen LogP contribution in [0.25, 0.3) is 0 Å². The molecule has 0 saturated carbocycles. The third-order valence-corrected chi connectivity index (χ3v) is 4.78. The Morgan fingerprint density at radius 2 is 2.14 bits per heavy atom. The van der Waals surface area contributed by atoms with Gasteiger partial charge in [-0.05, 0) is 36.6 Å². The average molecular weight is 310 g/mol. The molecule has 0 aliphatic rings. The lowest BCUT2D eigenvalue weighted by molar-refractivity contribution is -0.138. The summed E-state index contributed by atoms with van der Waals surface area (Å²) in [6, 6.07) is 6.27. The number of rotatable bonds is 7. The highest BCUT2D eigenvalue weighted by molar-refractivity contribution is 7.89. The summed E-state index contributed by atoms with van der Waals surface area (Å²) in [5, 5.41) is 17.5. The summed E-state index contributed by atoms with van der Waals surface area (Å²) in [4.78, 5) is 10.8. The van der Waals surface area contributed by atoms with Gasteiger partial charge in [-0.25, -0.2) is 13.1 Å². The zero-order valence-electron chi connectivity index (χ0n) is 12.0. The van der Waals surface area contributed by atoms with Crippen molar-refractivity contribution in [3.8, 4) is 6.07 Å². The second-order valence-corrected chi connectivity index (χ2v) is 6.55. The zero-order valence-corrected chi connectivity index (χ0v) is 12.8. The highest BCUT2D eigenvalue weighted by Gasteiger charge is 2.19. The van der Waals surface area contributed by atoms with Gasteiger partial charge in [-0.2, -0.15) is 5.26 Å². The van der Waals surface area contributed by atoms with Crippen LogP contribution in [-0.4, -0.2) is 26.0 Å². The highest BCUT2D eigenvalue weighted by atomic mass is 32.2. The molecule has 114 valence electrons. The molecule has 0 aliphatic heterocycles. The number of carboxylic acids is 1. The maximum Gasteiger partial charge on any atom is 0.303 e. The Morgan fingerprint density at radius 1 is 1.48 bits per heavy atom. The topological polar surface area (TPSA) is 107 Å². The van der Waals surface area contributed by atoms with E-state index in [0.29, 0.717) is 17.5 Å². The van der Waals surface area contributed by atoms with Crippen LogP contribution in [-0.2, 0) is 14.8 Å². The van der Waals surface area contributed by atoms with Crippen molar-refractivity contribution in [2.75, 3.05) is 6.54 Å². The molecule has 7 heteroatoms. The van der Waals surface area contributed by atoms with Crippen molar-refractivity contribution in [3.05, 3.63) is 29.3 Å². The lowest BCUT2D eigenvalue weighted by Crippen LogP contribution is -2.30. The van der Waals surface area contributed by atoms with Crippen molar-refractivity contribution in [3.63, 3.8) is 0 Å². The number of hydrogen-bond acceptors (Lipinski definition) is 4. The molecule has 0 radical (unpaired) electrons. The summed E-state index contributed by atoms with van der Waals surface area (Å²) < 4.78 is 26.9. The first kappa shape index (κ1) is 17.1. The standard InChI is InChI=1S/C14H18N2O4S/c1-3-11(7-14(17)18)9-16-21(19,20)13-5-4-12(8-15)6-10(13)2/h4-6,11,16H,3,7,9H2,1-2H3,(H,17,18). The van der Waals surface area contributed by atoms with Gasteiger partial charge >= 0.3 is 5.97 Å². The van der Waals surface area contributed by atoms with Crippen LogP contribution in [0.2, 0.25) is 0 Å². The maximum atomic E-state index is 12.2. The second-order valence-electron chi connectivity index (χ2n) is 4.82. The molecule has 0 bridgehead atoms. The Bertz CT molecular complexity index is 662. The smallest absolute Gasteiger partial charge is 0.303 e. The molecule has 1 rings (SSSR count). The van der Waals surface area contributed by atoms with E-state index < -0.39 is 16.0 Å². The zero-order chi connectivity index (χ0) is 16.0. The van der Waals surface area contributed by atoms with Gasteiger partial charge in [0.15, 0.2) is 0 Å². The number of nitriles is 1. The van der Waals surface area contributed by atoms with Gasteiger partial charge in [0, 0.05) is 13.0 Å². The van der Waals surface area contributed by atoms with E-state index in [1.165, 1.54) is 18.2 Å². The van der Waals surface area contributed by atoms with Crippen molar-refractivity contribution in [1.82, 2.24) is 4.72 Å². The van der Waals surface area contributed by atoms with Gasteiger partial charge in [-0.1, -0.05) is 13.3 Å². The van der Waals surface area contributed by atoms with Crippen LogP contribution >= 0.6 is 0 Å². The minimum Gasteiger partial charge on any atom is -0.481 e. The SMILES string of the molecule is CCC(CNS(=O)(=O)c1ccc(C#N)cc1C)CC(=O)O. The number of hydrogen-bond donors (Lipinski definition) is 2.